The van der Waals surface area contributed by atoms with Crippen molar-refractivity contribution in [3.05, 3.63) is 71.8 Å². The summed E-state index contributed by atoms with van der Waals surface area (Å²) in [7, 11) is 0. The van der Waals surface area contributed by atoms with Gasteiger partial charge in [-0.05, 0) is 11.1 Å². The lowest BCUT2D eigenvalue weighted by atomic mass is 10.0. The first-order valence-electron chi connectivity index (χ1n) is 8.54. The van der Waals surface area contributed by atoms with Crippen molar-refractivity contribution in [1.82, 2.24) is 4.90 Å². The Hall–Kier alpha value is -2.24. The van der Waals surface area contributed by atoms with Gasteiger partial charge in [0.15, 0.2) is 0 Å². The van der Waals surface area contributed by atoms with Crippen LogP contribution in [0.15, 0.2) is 60.7 Å². The van der Waals surface area contributed by atoms with E-state index < -0.39 is 18.1 Å². The Kier molecular flexibility index (Phi) is 5.79. The van der Waals surface area contributed by atoms with E-state index in [0.29, 0.717) is 13.2 Å². The van der Waals surface area contributed by atoms with Crippen LogP contribution in [-0.4, -0.2) is 42.7 Å². The largest absolute Gasteiger partial charge is 0.368 e. The van der Waals surface area contributed by atoms with Gasteiger partial charge in [0, 0.05) is 19.5 Å². The van der Waals surface area contributed by atoms with E-state index in [1.807, 2.05) is 60.7 Å². The number of hydrogen-bond acceptors (Lipinski definition) is 3. The molecule has 2 atom stereocenters. The summed E-state index contributed by atoms with van der Waals surface area (Å²) in [5.41, 5.74) is 7.50. The molecule has 1 heterocycles. The maximum atomic E-state index is 13.6. The number of carbonyl (C=O) groups is 1. The minimum atomic E-state index is -1.00. The van der Waals surface area contributed by atoms with Crippen LogP contribution >= 0.6 is 0 Å². The molecular weight excluding hydrogens is 319 g/mol. The smallest absolute Gasteiger partial charge is 0.234 e. The number of benzene rings is 2. The van der Waals surface area contributed by atoms with Gasteiger partial charge in [0.05, 0.1) is 12.6 Å². The fourth-order valence-corrected chi connectivity index (χ4v) is 3.32. The highest BCUT2D eigenvalue weighted by molar-refractivity contribution is 5.80. The van der Waals surface area contributed by atoms with E-state index in [0.717, 1.165) is 11.1 Å². The molecule has 1 aliphatic heterocycles. The molecule has 1 aliphatic rings. The number of rotatable bonds is 7. The van der Waals surface area contributed by atoms with Gasteiger partial charge in [0.2, 0.25) is 5.91 Å². The maximum Gasteiger partial charge on any atom is 0.234 e. The number of primary amides is 1. The molecule has 4 nitrogen and oxygen atoms in total. The summed E-state index contributed by atoms with van der Waals surface area (Å²) in [6.45, 7) is 1.10. The first-order chi connectivity index (χ1) is 12.1. The lowest BCUT2D eigenvalue weighted by Crippen LogP contribution is -2.41. The Morgan fingerprint density at radius 1 is 1.12 bits per heavy atom. The monoisotopic (exact) mass is 342 g/mol. The van der Waals surface area contributed by atoms with Gasteiger partial charge in [-0.2, -0.15) is 0 Å². The summed E-state index contributed by atoms with van der Waals surface area (Å²) in [5.74, 6) is -0.470. The molecule has 0 aromatic heterocycles. The molecule has 25 heavy (non-hydrogen) atoms. The van der Waals surface area contributed by atoms with Gasteiger partial charge in [0.1, 0.15) is 12.3 Å². The Bertz CT molecular complexity index is 641. The highest BCUT2D eigenvalue weighted by Gasteiger charge is 2.35. The van der Waals surface area contributed by atoms with E-state index in [1.54, 1.807) is 4.90 Å². The van der Waals surface area contributed by atoms with Crippen molar-refractivity contribution < 1.29 is 13.9 Å². The normalized spacial score (nSPS) is 20.9. The first-order valence-corrected chi connectivity index (χ1v) is 8.54. The van der Waals surface area contributed by atoms with Crippen LogP contribution in [0.2, 0.25) is 0 Å². The van der Waals surface area contributed by atoms with Crippen molar-refractivity contribution in [3.8, 4) is 0 Å². The van der Waals surface area contributed by atoms with E-state index in [9.17, 15) is 9.18 Å². The molecule has 0 radical (unpaired) electrons. The van der Waals surface area contributed by atoms with Crippen LogP contribution in [0.25, 0.3) is 0 Å². The molecule has 0 aliphatic carbocycles. The molecule has 0 saturated carbocycles. The van der Waals surface area contributed by atoms with E-state index >= 15 is 0 Å². The Morgan fingerprint density at radius 3 is 2.20 bits per heavy atom. The molecule has 0 bridgehead atoms. The predicted molar refractivity (Wildman–Crippen MR) is 94.7 cm³/mol. The number of amides is 1. The van der Waals surface area contributed by atoms with Gasteiger partial charge in [-0.15, -0.1) is 0 Å². The highest BCUT2D eigenvalue weighted by Crippen LogP contribution is 2.26. The van der Waals surface area contributed by atoms with Gasteiger partial charge in [-0.3, -0.25) is 9.69 Å². The number of likely N-dealkylation sites (tertiary alicyclic amines) is 1. The van der Waals surface area contributed by atoms with Gasteiger partial charge in [-0.25, -0.2) is 4.39 Å². The quantitative estimate of drug-likeness (QED) is 0.842. The Morgan fingerprint density at radius 2 is 1.68 bits per heavy atom. The molecule has 3 rings (SSSR count). The molecule has 2 N–H and O–H groups in total. The topological polar surface area (TPSA) is 55.6 Å². The number of nitrogens with two attached hydrogens (primary N) is 1. The summed E-state index contributed by atoms with van der Waals surface area (Å²) in [6.07, 6.45) is -1.02. The molecule has 2 aromatic rings. The van der Waals surface area contributed by atoms with E-state index in [-0.39, 0.29) is 19.1 Å². The van der Waals surface area contributed by atoms with Crippen LogP contribution in [0, 0.1) is 0 Å². The fraction of sp³-hybridized carbons (Fsp3) is 0.350. The number of alkyl halides is 1. The van der Waals surface area contributed by atoms with Crippen molar-refractivity contribution in [2.24, 2.45) is 5.73 Å². The summed E-state index contributed by atoms with van der Waals surface area (Å²) in [6, 6.07) is 19.4. The molecule has 1 fully saturated rings. The van der Waals surface area contributed by atoms with Crippen LogP contribution in [0.4, 0.5) is 4.39 Å². The minimum absolute atomic E-state index is 0.177. The van der Waals surface area contributed by atoms with Gasteiger partial charge >= 0.3 is 0 Å². The van der Waals surface area contributed by atoms with E-state index in [1.165, 1.54) is 0 Å². The van der Waals surface area contributed by atoms with Crippen molar-refractivity contribution in [2.45, 2.75) is 24.7 Å². The van der Waals surface area contributed by atoms with Gasteiger partial charge in [-0.1, -0.05) is 60.7 Å². The third-order valence-corrected chi connectivity index (χ3v) is 4.55. The number of hydrogen-bond donors (Lipinski definition) is 1. The molecule has 1 saturated heterocycles. The number of halogens is 1. The summed E-state index contributed by atoms with van der Waals surface area (Å²) >= 11 is 0. The molecule has 5 heteroatoms. The first kappa shape index (κ1) is 17.6. The number of carbonyl (C=O) groups excluding carboxylic acids is 1. The summed E-state index contributed by atoms with van der Waals surface area (Å²) in [5, 5.41) is 0. The lowest BCUT2D eigenvalue weighted by molar-refractivity contribution is -0.122. The average Bonchev–Trinajstić information content (AvgIpc) is 3.01. The molecule has 1 amide bonds. The third-order valence-electron chi connectivity index (χ3n) is 4.55. The zero-order chi connectivity index (χ0) is 17.6. The van der Waals surface area contributed by atoms with Crippen LogP contribution in [0.5, 0.6) is 0 Å². The Balaban J connectivity index is 1.66. The third kappa shape index (κ3) is 4.44. The van der Waals surface area contributed by atoms with E-state index in [2.05, 4.69) is 0 Å². The van der Waals surface area contributed by atoms with Crippen LogP contribution in [-0.2, 0) is 9.53 Å². The summed E-state index contributed by atoms with van der Waals surface area (Å²) in [4.78, 5) is 13.2. The number of nitrogens with zero attached hydrogens (tertiary/aromatic N) is 1. The van der Waals surface area contributed by atoms with Crippen molar-refractivity contribution in [2.75, 3.05) is 19.7 Å². The second-order valence-electron chi connectivity index (χ2n) is 6.32. The van der Waals surface area contributed by atoms with Crippen molar-refractivity contribution in [3.63, 3.8) is 0 Å². The Labute approximate surface area is 147 Å². The van der Waals surface area contributed by atoms with E-state index in [4.69, 9.17) is 10.5 Å². The summed E-state index contributed by atoms with van der Waals surface area (Å²) < 4.78 is 19.7. The second-order valence-corrected chi connectivity index (χ2v) is 6.32. The standard InChI is InChI=1S/C20H23FN2O2/c21-17-13-18(20(22)24)23(14-17)11-12-25-19(15-7-3-1-4-8-15)16-9-5-2-6-10-16/h1-10,17-19H,11-14H2,(H2,22,24)/t17-,18+/m1/s1. The average molecular weight is 342 g/mol. The number of ether oxygens (including phenoxy) is 1. The van der Waals surface area contributed by atoms with Crippen LogP contribution in [0.3, 0.4) is 0 Å². The fourth-order valence-electron chi connectivity index (χ4n) is 3.32. The van der Waals surface area contributed by atoms with Gasteiger partial charge in [0.25, 0.3) is 0 Å². The van der Waals surface area contributed by atoms with Crippen LogP contribution in [0.1, 0.15) is 23.7 Å². The van der Waals surface area contributed by atoms with Crippen molar-refractivity contribution >= 4 is 5.91 Å². The molecule has 132 valence electrons. The minimum Gasteiger partial charge on any atom is -0.368 e. The highest BCUT2D eigenvalue weighted by atomic mass is 19.1. The molecular formula is C20H23FN2O2. The van der Waals surface area contributed by atoms with Crippen LogP contribution < -0.4 is 5.73 Å². The molecule has 0 unspecified atom stereocenters. The zero-order valence-electron chi connectivity index (χ0n) is 14.1. The second kappa shape index (κ2) is 8.23. The lowest BCUT2D eigenvalue weighted by Gasteiger charge is -2.24. The van der Waals surface area contributed by atoms with Crippen molar-refractivity contribution in [1.29, 1.82) is 0 Å². The predicted octanol–water partition coefficient (Wildman–Crippen LogP) is 2.69. The molecule has 2 aromatic carbocycles. The SMILES string of the molecule is NC(=O)[C@@H]1C[C@@H](F)CN1CCOC(c1ccccc1)c1ccccc1. The molecule has 0 spiro atoms. The maximum absolute atomic E-state index is 13.6. The van der Waals surface area contributed by atoms with Gasteiger partial charge < -0.3 is 10.5 Å². The zero-order valence-corrected chi connectivity index (χ0v) is 14.1.